The first-order valence-electron chi connectivity index (χ1n) is 12.1. The van der Waals surface area contributed by atoms with Gasteiger partial charge in [-0.3, -0.25) is 19.3 Å². The number of benzene rings is 3. The first-order chi connectivity index (χ1) is 18.7. The van der Waals surface area contributed by atoms with Crippen molar-refractivity contribution in [2.24, 2.45) is 0 Å². The van der Waals surface area contributed by atoms with Gasteiger partial charge in [-0.25, -0.2) is 0 Å². The van der Waals surface area contributed by atoms with Crippen LogP contribution in [0.5, 0.6) is 11.5 Å². The summed E-state index contributed by atoms with van der Waals surface area (Å²) in [5, 5.41) is 2.88. The summed E-state index contributed by atoms with van der Waals surface area (Å²) >= 11 is 10.6. The van der Waals surface area contributed by atoms with Crippen LogP contribution in [0.4, 0.5) is 10.5 Å². The van der Waals surface area contributed by atoms with Crippen LogP contribution < -0.4 is 14.8 Å². The van der Waals surface area contributed by atoms with E-state index in [1.54, 1.807) is 24.3 Å². The number of carbonyl (C=O) groups is 3. The zero-order valence-electron chi connectivity index (χ0n) is 21.5. The standard InChI is InChI=1S/C29H26BrClN2O5S/c1-4-37-24-13-19(12-21(30)27(24)38-16-20-7-5-6-8-22(20)31)14-25-28(35)33(29(36)39-25)15-26(34)32-23-11-17(2)9-10-18(23)3/h5-14H,4,15-16H2,1-3H3,(H,32,34)/b25-14+. The van der Waals surface area contributed by atoms with Gasteiger partial charge in [0, 0.05) is 16.3 Å². The molecule has 202 valence electrons. The van der Waals surface area contributed by atoms with E-state index in [1.807, 2.05) is 57.2 Å². The highest BCUT2D eigenvalue weighted by molar-refractivity contribution is 9.10. The number of hydrogen-bond donors (Lipinski definition) is 1. The first-order valence-corrected chi connectivity index (χ1v) is 14.1. The Kier molecular flexibility index (Phi) is 9.37. The van der Waals surface area contributed by atoms with E-state index in [2.05, 4.69) is 21.2 Å². The van der Waals surface area contributed by atoms with E-state index in [1.165, 1.54) is 0 Å². The van der Waals surface area contributed by atoms with Crippen molar-refractivity contribution in [3.63, 3.8) is 0 Å². The molecule has 4 rings (SSSR count). The van der Waals surface area contributed by atoms with Crippen LogP contribution in [0.3, 0.4) is 0 Å². The van der Waals surface area contributed by atoms with Crippen LogP contribution in [0.25, 0.3) is 6.08 Å². The van der Waals surface area contributed by atoms with Gasteiger partial charge in [-0.2, -0.15) is 0 Å². The van der Waals surface area contributed by atoms with Gasteiger partial charge in [0.05, 0.1) is 16.0 Å². The highest BCUT2D eigenvalue weighted by atomic mass is 79.9. The van der Waals surface area contributed by atoms with Crippen molar-refractivity contribution >= 4 is 68.1 Å². The number of amides is 3. The molecule has 0 aromatic heterocycles. The van der Waals surface area contributed by atoms with Gasteiger partial charge in [0.1, 0.15) is 13.2 Å². The SMILES string of the molecule is CCOc1cc(/C=C2/SC(=O)N(CC(=O)Nc3cc(C)ccc3C)C2=O)cc(Br)c1OCc1ccccc1Cl. The third-order valence-corrected chi connectivity index (χ3v) is 7.67. The number of nitrogens with one attached hydrogen (secondary N) is 1. The Labute approximate surface area is 244 Å². The summed E-state index contributed by atoms with van der Waals surface area (Å²) in [6.07, 6.45) is 1.60. The van der Waals surface area contributed by atoms with Gasteiger partial charge in [0.15, 0.2) is 11.5 Å². The second-order valence-corrected chi connectivity index (χ2v) is 11.0. The van der Waals surface area contributed by atoms with E-state index in [9.17, 15) is 14.4 Å². The Bertz CT molecular complexity index is 1480. The van der Waals surface area contributed by atoms with Crippen molar-refractivity contribution in [2.45, 2.75) is 27.4 Å². The maximum Gasteiger partial charge on any atom is 0.294 e. The molecule has 3 aromatic carbocycles. The van der Waals surface area contributed by atoms with Crippen LogP contribution in [0.1, 0.15) is 29.2 Å². The molecule has 0 aliphatic carbocycles. The fraction of sp³-hybridized carbons (Fsp3) is 0.207. The van der Waals surface area contributed by atoms with Gasteiger partial charge < -0.3 is 14.8 Å². The van der Waals surface area contributed by atoms with Crippen LogP contribution in [0.2, 0.25) is 5.02 Å². The molecule has 0 spiro atoms. The lowest BCUT2D eigenvalue weighted by Crippen LogP contribution is -2.36. The fourth-order valence-electron chi connectivity index (χ4n) is 3.83. The number of rotatable bonds is 9. The van der Waals surface area contributed by atoms with Crippen molar-refractivity contribution in [2.75, 3.05) is 18.5 Å². The molecule has 0 bridgehead atoms. The van der Waals surface area contributed by atoms with Crippen LogP contribution in [0.15, 0.2) is 64.0 Å². The van der Waals surface area contributed by atoms with E-state index in [-0.39, 0.29) is 18.1 Å². The van der Waals surface area contributed by atoms with Crippen molar-refractivity contribution in [3.05, 3.63) is 91.3 Å². The number of nitrogens with zero attached hydrogens (tertiary/aromatic N) is 1. The van der Waals surface area contributed by atoms with E-state index in [4.69, 9.17) is 21.1 Å². The molecule has 0 atom stereocenters. The summed E-state index contributed by atoms with van der Waals surface area (Å²) in [4.78, 5) is 39.4. The summed E-state index contributed by atoms with van der Waals surface area (Å²) in [5.74, 6) is -0.0228. The number of thioether (sulfide) groups is 1. The molecule has 0 radical (unpaired) electrons. The molecule has 1 aliphatic rings. The Morgan fingerprint density at radius 1 is 1.10 bits per heavy atom. The summed E-state index contributed by atoms with van der Waals surface area (Å²) in [5.41, 5.74) is 3.97. The molecule has 1 aliphatic heterocycles. The van der Waals surface area contributed by atoms with Crippen molar-refractivity contribution in [1.29, 1.82) is 0 Å². The van der Waals surface area contributed by atoms with Gasteiger partial charge >= 0.3 is 0 Å². The number of halogens is 2. The van der Waals surface area contributed by atoms with E-state index in [0.29, 0.717) is 38.9 Å². The molecule has 1 fully saturated rings. The molecule has 3 amide bonds. The Morgan fingerprint density at radius 3 is 2.62 bits per heavy atom. The fourth-order valence-corrected chi connectivity index (χ4v) is 5.43. The average molecular weight is 630 g/mol. The maximum absolute atomic E-state index is 13.0. The number of anilines is 1. The Morgan fingerprint density at radius 2 is 1.87 bits per heavy atom. The van der Waals surface area contributed by atoms with Gasteiger partial charge in [-0.15, -0.1) is 0 Å². The van der Waals surface area contributed by atoms with Gasteiger partial charge in [0.25, 0.3) is 11.1 Å². The molecule has 1 N–H and O–H groups in total. The predicted octanol–water partition coefficient (Wildman–Crippen LogP) is 7.37. The zero-order valence-corrected chi connectivity index (χ0v) is 24.7. The van der Waals surface area contributed by atoms with E-state index in [0.717, 1.165) is 33.4 Å². The predicted molar refractivity (Wildman–Crippen MR) is 158 cm³/mol. The molecule has 0 saturated carbocycles. The first kappa shape index (κ1) is 28.7. The van der Waals surface area contributed by atoms with Crippen LogP contribution in [0, 0.1) is 13.8 Å². The van der Waals surface area contributed by atoms with Crippen molar-refractivity contribution in [3.8, 4) is 11.5 Å². The molecule has 3 aromatic rings. The van der Waals surface area contributed by atoms with Crippen LogP contribution in [-0.4, -0.2) is 35.1 Å². The summed E-state index contributed by atoms with van der Waals surface area (Å²) < 4.78 is 12.4. The van der Waals surface area contributed by atoms with Crippen LogP contribution in [-0.2, 0) is 16.2 Å². The normalized spacial score (nSPS) is 14.2. The second-order valence-electron chi connectivity index (χ2n) is 8.78. The molecular formula is C29H26BrClN2O5S. The minimum Gasteiger partial charge on any atom is -0.490 e. The third kappa shape index (κ3) is 7.03. The molecule has 7 nitrogen and oxygen atoms in total. The lowest BCUT2D eigenvalue weighted by Gasteiger charge is -2.15. The molecular weight excluding hydrogens is 604 g/mol. The van der Waals surface area contributed by atoms with Crippen molar-refractivity contribution in [1.82, 2.24) is 4.90 Å². The second kappa shape index (κ2) is 12.7. The van der Waals surface area contributed by atoms with E-state index < -0.39 is 17.1 Å². The molecule has 1 heterocycles. The Hall–Kier alpha value is -3.27. The third-order valence-electron chi connectivity index (χ3n) is 5.80. The summed E-state index contributed by atoms with van der Waals surface area (Å²) in [6, 6.07) is 16.6. The summed E-state index contributed by atoms with van der Waals surface area (Å²) in [7, 11) is 0. The monoisotopic (exact) mass is 628 g/mol. The number of hydrogen-bond acceptors (Lipinski definition) is 6. The van der Waals surface area contributed by atoms with Crippen molar-refractivity contribution < 1.29 is 23.9 Å². The lowest BCUT2D eigenvalue weighted by molar-refractivity contribution is -0.127. The Balaban J connectivity index is 1.50. The average Bonchev–Trinajstić information content (AvgIpc) is 3.14. The quantitative estimate of drug-likeness (QED) is 0.249. The number of imide groups is 1. The van der Waals surface area contributed by atoms with Gasteiger partial charge in [-0.1, -0.05) is 41.9 Å². The zero-order chi connectivity index (χ0) is 28.1. The number of aryl methyl sites for hydroxylation is 2. The minimum atomic E-state index is -0.533. The summed E-state index contributed by atoms with van der Waals surface area (Å²) in [6.45, 7) is 5.90. The highest BCUT2D eigenvalue weighted by Crippen LogP contribution is 2.40. The topological polar surface area (TPSA) is 84.9 Å². The van der Waals surface area contributed by atoms with E-state index >= 15 is 0 Å². The van der Waals surface area contributed by atoms with Crippen LogP contribution >= 0.6 is 39.3 Å². The molecule has 1 saturated heterocycles. The van der Waals surface area contributed by atoms with Gasteiger partial charge in [-0.05, 0) is 95.5 Å². The molecule has 39 heavy (non-hydrogen) atoms. The highest BCUT2D eigenvalue weighted by Gasteiger charge is 2.36. The smallest absolute Gasteiger partial charge is 0.294 e. The largest absolute Gasteiger partial charge is 0.490 e. The minimum absolute atomic E-state index is 0.207. The number of carbonyl (C=O) groups excluding carboxylic acids is 3. The molecule has 0 unspecified atom stereocenters. The molecule has 10 heteroatoms. The van der Waals surface area contributed by atoms with Gasteiger partial charge in [0.2, 0.25) is 5.91 Å². The maximum atomic E-state index is 13.0. The number of ether oxygens (including phenoxy) is 2. The lowest BCUT2D eigenvalue weighted by atomic mass is 10.1.